The van der Waals surface area contributed by atoms with Crippen LogP contribution in [0, 0.1) is 5.82 Å². The molecule has 358 valence electrons. The topological polar surface area (TPSA) is 203 Å². The van der Waals surface area contributed by atoms with Crippen LogP contribution in [-0.4, -0.2) is 80.9 Å². The van der Waals surface area contributed by atoms with E-state index in [1.165, 1.54) is 25.3 Å². The predicted octanol–water partition coefficient (Wildman–Crippen LogP) is 7.74. The number of fused-ring (bicyclic) bond motifs is 2. The minimum Gasteiger partial charge on any atom is -0.496 e. The van der Waals surface area contributed by atoms with Crippen molar-refractivity contribution in [3.8, 4) is 44.9 Å². The summed E-state index contributed by atoms with van der Waals surface area (Å²) in [5.41, 5.74) is 4.42. The summed E-state index contributed by atoms with van der Waals surface area (Å²) in [6, 6.07) is 32.9. The Bertz CT molecular complexity index is 3380. The van der Waals surface area contributed by atoms with E-state index in [9.17, 15) is 36.0 Å². The van der Waals surface area contributed by atoms with Gasteiger partial charge in [0, 0.05) is 58.5 Å². The molecule has 70 heavy (non-hydrogen) atoms. The van der Waals surface area contributed by atoms with Crippen LogP contribution in [0.3, 0.4) is 0 Å². The van der Waals surface area contributed by atoms with Gasteiger partial charge in [-0.25, -0.2) is 21.2 Å². The molecule has 0 radical (unpaired) electrons. The Labute approximate surface area is 412 Å². The van der Waals surface area contributed by atoms with Crippen LogP contribution < -0.4 is 30.7 Å². The highest BCUT2D eigenvalue weighted by Gasteiger charge is 2.36. The van der Waals surface area contributed by atoms with Crippen molar-refractivity contribution in [2.45, 2.75) is 22.6 Å². The van der Waals surface area contributed by atoms with E-state index in [2.05, 4.69) is 37.2 Å². The van der Waals surface area contributed by atoms with Gasteiger partial charge in [0.1, 0.15) is 27.1 Å². The maximum atomic E-state index is 15.8. The average molecular weight is 1050 g/mol. The third-order valence-electron chi connectivity index (χ3n) is 11.6. The quantitative estimate of drug-likeness (QED) is 0.0517. The van der Waals surface area contributed by atoms with E-state index in [0.717, 1.165) is 23.3 Å². The van der Waals surface area contributed by atoms with Crippen LogP contribution in [0.25, 0.3) is 45.5 Å². The molecule has 6 aromatic rings. The number of hydrogen-bond acceptors (Lipinski definition) is 10. The molecule has 0 fully saturated rings. The zero-order valence-electron chi connectivity index (χ0n) is 37.6. The van der Waals surface area contributed by atoms with E-state index >= 15 is 4.39 Å². The van der Waals surface area contributed by atoms with Gasteiger partial charge in [0.25, 0.3) is 23.6 Å². The van der Waals surface area contributed by atoms with Crippen LogP contribution in [0.2, 0.25) is 0 Å². The number of hydrogen-bond donors (Lipinski definition) is 4. The minimum absolute atomic E-state index is 0.0277. The highest BCUT2D eigenvalue weighted by molar-refractivity contribution is 9.10. The van der Waals surface area contributed by atoms with E-state index in [1.54, 1.807) is 73.8 Å². The van der Waals surface area contributed by atoms with E-state index in [-0.39, 0.29) is 57.9 Å². The van der Waals surface area contributed by atoms with Crippen LogP contribution in [0.5, 0.6) is 11.5 Å². The first kappa shape index (κ1) is 49.0. The zero-order valence-corrected chi connectivity index (χ0v) is 40.8. The second kappa shape index (κ2) is 20.7. The molecule has 4 N–H and O–H groups in total. The number of halogens is 2. The number of ether oxygens (including phenoxy) is 2. The fourth-order valence-electron chi connectivity index (χ4n) is 8.01. The molecule has 0 spiro atoms. The fourth-order valence-corrected chi connectivity index (χ4v) is 11.4. The minimum atomic E-state index is -4.34. The second-order valence-corrected chi connectivity index (χ2v) is 20.8. The van der Waals surface area contributed by atoms with Gasteiger partial charge < -0.3 is 30.7 Å². The highest BCUT2D eigenvalue weighted by Crippen LogP contribution is 2.41. The molecule has 2 aliphatic heterocycles. The Balaban J connectivity index is 0.837. The van der Waals surface area contributed by atoms with Crippen molar-refractivity contribution in [1.29, 1.82) is 0 Å². The van der Waals surface area contributed by atoms with Crippen molar-refractivity contribution in [3.63, 3.8) is 0 Å². The molecule has 4 amide bonds. The lowest BCUT2D eigenvalue weighted by atomic mass is 9.96. The molecule has 2 heterocycles. The molecular weight excluding hydrogens is 1000 g/mol. The lowest BCUT2D eigenvalue weighted by Gasteiger charge is -2.13. The summed E-state index contributed by atoms with van der Waals surface area (Å²) in [4.78, 5) is 50.7. The molecule has 0 aliphatic carbocycles. The maximum Gasteiger partial charge on any atom is 0.263 e. The Morgan fingerprint density at radius 2 is 0.971 bits per heavy atom. The number of para-hydroxylation sites is 1. The van der Waals surface area contributed by atoms with Gasteiger partial charge in [0.05, 0.1) is 24.0 Å². The number of carbonyl (C=O) groups excluding carboxylic acids is 4. The van der Waals surface area contributed by atoms with Crippen LogP contribution >= 0.6 is 15.9 Å². The van der Waals surface area contributed by atoms with Crippen molar-refractivity contribution < 1.29 is 49.9 Å². The molecule has 8 rings (SSSR count). The summed E-state index contributed by atoms with van der Waals surface area (Å²) in [5.74, 6) is -1.89. The smallest absolute Gasteiger partial charge is 0.263 e. The van der Waals surface area contributed by atoms with Crippen molar-refractivity contribution in [3.05, 3.63) is 164 Å². The third-order valence-corrected chi connectivity index (χ3v) is 15.8. The van der Waals surface area contributed by atoms with E-state index in [0.29, 0.717) is 62.2 Å². The molecule has 0 aromatic heterocycles. The van der Waals surface area contributed by atoms with Gasteiger partial charge in [-0.1, -0.05) is 64.5 Å². The van der Waals surface area contributed by atoms with Crippen LogP contribution in [0.4, 0.5) is 4.39 Å². The summed E-state index contributed by atoms with van der Waals surface area (Å²) in [7, 11) is -5.22. The number of nitrogens with one attached hydrogen (secondary N) is 4. The zero-order chi connectivity index (χ0) is 49.7. The summed E-state index contributed by atoms with van der Waals surface area (Å²) in [6.07, 6.45) is 3.10. The summed E-state index contributed by atoms with van der Waals surface area (Å²) in [5, 5.41) is 10.8. The van der Waals surface area contributed by atoms with Crippen LogP contribution in [0.15, 0.2) is 145 Å². The van der Waals surface area contributed by atoms with Gasteiger partial charge in [-0.15, -0.1) is 0 Å². The van der Waals surface area contributed by atoms with Gasteiger partial charge in [0.2, 0.25) is 19.7 Å². The van der Waals surface area contributed by atoms with Crippen molar-refractivity contribution in [2.24, 2.45) is 0 Å². The molecule has 0 unspecified atom stereocenters. The van der Waals surface area contributed by atoms with E-state index in [4.69, 9.17) is 9.47 Å². The van der Waals surface area contributed by atoms with Gasteiger partial charge in [-0.3, -0.25) is 19.2 Å². The SMILES string of the molecule is COc1ccccc1-c1ccc(C(=O)NCCCNC(=O)C2=Cc3cc(F)c(-c4ccc(OC)c(-c5ccc(C(=O)NCCCNC(=O)C6=Cc7cc(Br)ccc7S6(=O)=O)cc5)c4)cc3S2(=O)=O)cc1. The molecule has 14 nitrogen and oxygen atoms in total. The summed E-state index contributed by atoms with van der Waals surface area (Å²) in [6.45, 7) is 0.556. The number of benzene rings is 6. The van der Waals surface area contributed by atoms with Crippen molar-refractivity contribution in [2.75, 3.05) is 40.4 Å². The Morgan fingerprint density at radius 3 is 1.53 bits per heavy atom. The number of carbonyl (C=O) groups is 4. The van der Waals surface area contributed by atoms with Crippen molar-refractivity contribution >= 4 is 71.4 Å². The maximum absolute atomic E-state index is 15.8. The lowest BCUT2D eigenvalue weighted by Crippen LogP contribution is -2.31. The van der Waals surface area contributed by atoms with E-state index < -0.39 is 48.1 Å². The van der Waals surface area contributed by atoms with Gasteiger partial charge in [-0.05, 0) is 126 Å². The first-order valence-corrected chi connectivity index (χ1v) is 25.6. The molecule has 0 atom stereocenters. The summed E-state index contributed by atoms with van der Waals surface area (Å²) < 4.78 is 80.7. The number of sulfone groups is 2. The molecule has 0 bridgehead atoms. The molecular formula is C52H44BrFN4O10S2. The van der Waals surface area contributed by atoms with Gasteiger partial charge in [-0.2, -0.15) is 0 Å². The number of rotatable bonds is 17. The fraction of sp³-hybridized carbons (Fsp3) is 0.154. The van der Waals surface area contributed by atoms with Gasteiger partial charge in [0.15, 0.2) is 0 Å². The normalized spacial score (nSPS) is 13.8. The van der Waals surface area contributed by atoms with Crippen LogP contribution in [-0.2, 0) is 29.3 Å². The first-order chi connectivity index (χ1) is 33.6. The largest absolute Gasteiger partial charge is 0.496 e. The monoisotopic (exact) mass is 1050 g/mol. The standard InChI is InChI=1S/C52H44BrFN4O10S2/c1-67-43-8-4-3-7-39(43)31-9-13-33(14-10-31)49(59)55-22-6-24-58-52(62)48-29-37-27-42(54)40(30-46(37)70(48,65)66)35-17-19-44(68-2)41(26-35)32-11-15-34(16-12-32)50(60)56-21-5-23-57-51(61)47-28-36-25-38(53)18-20-45(36)69(47,63)64/h3-4,7-20,25-30H,5-6,21-24H2,1-2H3,(H,55,59)(H,56,60)(H,57,61)(H,58,62). The lowest BCUT2D eigenvalue weighted by molar-refractivity contribution is -0.117. The number of methoxy groups -OCH3 is 2. The van der Waals surface area contributed by atoms with Crippen molar-refractivity contribution in [1.82, 2.24) is 21.3 Å². The van der Waals surface area contributed by atoms with Crippen LogP contribution in [0.1, 0.15) is 44.7 Å². The highest BCUT2D eigenvalue weighted by atomic mass is 79.9. The molecule has 18 heteroatoms. The Kier molecular flexibility index (Phi) is 14.5. The number of amides is 4. The summed E-state index contributed by atoms with van der Waals surface area (Å²) >= 11 is 3.30. The third kappa shape index (κ3) is 10.2. The Hall–Kier alpha value is -7.41. The molecule has 0 saturated carbocycles. The molecule has 2 aliphatic rings. The first-order valence-electron chi connectivity index (χ1n) is 21.8. The average Bonchev–Trinajstić information content (AvgIpc) is 3.78. The second-order valence-electron chi connectivity index (χ2n) is 16.1. The van der Waals surface area contributed by atoms with E-state index in [1.807, 2.05) is 36.4 Å². The van der Waals surface area contributed by atoms with Gasteiger partial charge >= 0.3 is 0 Å². The predicted molar refractivity (Wildman–Crippen MR) is 267 cm³/mol. The Morgan fingerprint density at radius 1 is 0.500 bits per heavy atom. The molecule has 0 saturated heterocycles. The molecule has 6 aromatic carbocycles.